The van der Waals surface area contributed by atoms with Gasteiger partial charge in [0.15, 0.2) is 0 Å². The molecular formula is C33H33BrN2O3. The van der Waals surface area contributed by atoms with Crippen LogP contribution in [0.2, 0.25) is 0 Å². The summed E-state index contributed by atoms with van der Waals surface area (Å²) in [4.78, 5) is 25.0. The van der Waals surface area contributed by atoms with Gasteiger partial charge in [-0.05, 0) is 98.5 Å². The molecule has 1 amide bonds. The van der Waals surface area contributed by atoms with E-state index in [4.69, 9.17) is 4.74 Å². The first-order valence-electron chi connectivity index (χ1n) is 13.1. The zero-order chi connectivity index (χ0) is 27.9. The van der Waals surface area contributed by atoms with Crippen LogP contribution >= 0.6 is 15.9 Å². The van der Waals surface area contributed by atoms with Crippen LogP contribution in [0.15, 0.2) is 101 Å². The van der Waals surface area contributed by atoms with Crippen LogP contribution < -0.4 is 5.32 Å². The molecule has 1 unspecified atom stereocenters. The Morgan fingerprint density at radius 3 is 2.23 bits per heavy atom. The molecule has 39 heavy (non-hydrogen) atoms. The SMILES string of the molecule is CC=C(Cn1ccc2cc(C(=O)NC(C)c3ccc(Br)cc3)ccc21)C(=CC)c1ccc(C(=O)OCC)cc1. The third kappa shape index (κ3) is 6.58. The van der Waals surface area contributed by atoms with Gasteiger partial charge in [0.2, 0.25) is 0 Å². The van der Waals surface area contributed by atoms with Gasteiger partial charge in [-0.25, -0.2) is 4.79 Å². The van der Waals surface area contributed by atoms with Gasteiger partial charge in [-0.15, -0.1) is 0 Å². The summed E-state index contributed by atoms with van der Waals surface area (Å²) in [5, 5.41) is 4.11. The molecule has 4 rings (SSSR count). The fraction of sp³-hybridized carbons (Fsp3) is 0.212. The summed E-state index contributed by atoms with van der Waals surface area (Å²) >= 11 is 3.45. The van der Waals surface area contributed by atoms with E-state index < -0.39 is 0 Å². The smallest absolute Gasteiger partial charge is 0.338 e. The molecule has 0 aliphatic rings. The maximum absolute atomic E-state index is 13.0. The topological polar surface area (TPSA) is 60.3 Å². The molecule has 0 fully saturated rings. The van der Waals surface area contributed by atoms with Gasteiger partial charge in [0.25, 0.3) is 5.91 Å². The standard InChI is InChI=1S/C33H33BrN2O3/c1-5-23(30(6-2)25-8-10-26(11-9-25)33(38)39-7-3)21-36-19-18-27-20-28(14-17-31(27)36)32(37)35-22(4)24-12-15-29(34)16-13-24/h5-6,8-20,22H,7,21H2,1-4H3,(H,35,37). The maximum atomic E-state index is 13.0. The molecule has 0 aliphatic carbocycles. The average molecular weight is 586 g/mol. The summed E-state index contributed by atoms with van der Waals surface area (Å²) in [5.41, 5.74) is 6.57. The summed E-state index contributed by atoms with van der Waals surface area (Å²) in [6.45, 7) is 8.86. The van der Waals surface area contributed by atoms with E-state index in [0.717, 1.165) is 37.6 Å². The van der Waals surface area contributed by atoms with E-state index in [1.807, 2.05) is 81.4 Å². The number of carbonyl (C=O) groups is 2. The average Bonchev–Trinajstić information content (AvgIpc) is 3.35. The lowest BCUT2D eigenvalue weighted by atomic mass is 9.96. The molecule has 5 nitrogen and oxygen atoms in total. The van der Waals surface area contributed by atoms with Crippen molar-refractivity contribution in [3.63, 3.8) is 0 Å². The van der Waals surface area contributed by atoms with Crippen LogP contribution in [0.1, 0.15) is 65.6 Å². The van der Waals surface area contributed by atoms with Crippen LogP contribution in [0.25, 0.3) is 16.5 Å². The number of amides is 1. The Kier molecular flexibility index (Phi) is 9.20. The molecule has 0 saturated heterocycles. The van der Waals surface area contributed by atoms with Crippen molar-refractivity contribution in [3.8, 4) is 0 Å². The molecule has 0 aliphatic heterocycles. The van der Waals surface area contributed by atoms with Gasteiger partial charge in [-0.1, -0.05) is 52.3 Å². The van der Waals surface area contributed by atoms with Crippen molar-refractivity contribution in [3.05, 3.63) is 123 Å². The third-order valence-corrected chi connectivity index (χ3v) is 7.31. The number of fused-ring (bicyclic) bond motifs is 1. The summed E-state index contributed by atoms with van der Waals surface area (Å²) in [7, 11) is 0. The Morgan fingerprint density at radius 1 is 0.923 bits per heavy atom. The van der Waals surface area contributed by atoms with E-state index in [2.05, 4.69) is 44.2 Å². The Balaban J connectivity index is 1.50. The summed E-state index contributed by atoms with van der Waals surface area (Å²) in [5.74, 6) is -0.413. The van der Waals surface area contributed by atoms with Crippen molar-refractivity contribution in [2.24, 2.45) is 0 Å². The van der Waals surface area contributed by atoms with Crippen LogP contribution in [0.3, 0.4) is 0 Å². The molecule has 1 atom stereocenters. The molecule has 1 aromatic heterocycles. The van der Waals surface area contributed by atoms with Gasteiger partial charge in [-0.3, -0.25) is 4.79 Å². The Bertz CT molecular complexity index is 1530. The first-order chi connectivity index (χ1) is 18.8. The number of halogens is 1. The van der Waals surface area contributed by atoms with Gasteiger partial charge >= 0.3 is 5.97 Å². The van der Waals surface area contributed by atoms with Crippen LogP contribution in [0.4, 0.5) is 0 Å². The molecule has 0 bridgehead atoms. The molecule has 0 radical (unpaired) electrons. The summed E-state index contributed by atoms with van der Waals surface area (Å²) in [6, 6.07) is 23.2. The molecule has 1 N–H and O–H groups in total. The number of ether oxygens (including phenoxy) is 1. The lowest BCUT2D eigenvalue weighted by molar-refractivity contribution is 0.0526. The molecule has 3 aromatic carbocycles. The zero-order valence-electron chi connectivity index (χ0n) is 22.7. The Morgan fingerprint density at radius 2 is 1.59 bits per heavy atom. The number of aromatic nitrogens is 1. The lowest BCUT2D eigenvalue weighted by Crippen LogP contribution is -2.26. The van der Waals surface area contributed by atoms with E-state index >= 15 is 0 Å². The van der Waals surface area contributed by atoms with Crippen molar-refractivity contribution in [2.75, 3.05) is 6.61 Å². The second-order valence-electron chi connectivity index (χ2n) is 9.28. The lowest BCUT2D eigenvalue weighted by Gasteiger charge is -2.16. The summed E-state index contributed by atoms with van der Waals surface area (Å²) in [6.07, 6.45) is 6.26. The van der Waals surface area contributed by atoms with E-state index in [1.54, 1.807) is 19.1 Å². The first kappa shape index (κ1) is 28.1. The largest absolute Gasteiger partial charge is 0.462 e. The molecule has 0 saturated carbocycles. The van der Waals surface area contributed by atoms with Gasteiger partial charge < -0.3 is 14.6 Å². The van der Waals surface area contributed by atoms with Crippen molar-refractivity contribution in [1.82, 2.24) is 9.88 Å². The van der Waals surface area contributed by atoms with E-state index in [1.165, 1.54) is 0 Å². The normalized spacial score (nSPS) is 12.8. The number of benzene rings is 3. The van der Waals surface area contributed by atoms with Gasteiger partial charge in [0.05, 0.1) is 18.2 Å². The van der Waals surface area contributed by atoms with Crippen LogP contribution in [0, 0.1) is 0 Å². The van der Waals surface area contributed by atoms with Gasteiger partial charge in [0.1, 0.15) is 0 Å². The second kappa shape index (κ2) is 12.8. The molecular weight excluding hydrogens is 552 g/mol. The number of allylic oxidation sites excluding steroid dienone is 4. The third-order valence-electron chi connectivity index (χ3n) is 6.78. The van der Waals surface area contributed by atoms with Gasteiger partial charge in [0, 0.05) is 33.7 Å². The van der Waals surface area contributed by atoms with Crippen molar-refractivity contribution < 1.29 is 14.3 Å². The van der Waals surface area contributed by atoms with Gasteiger partial charge in [-0.2, -0.15) is 0 Å². The number of hydrogen-bond donors (Lipinski definition) is 1. The first-order valence-corrected chi connectivity index (χ1v) is 13.9. The fourth-order valence-electron chi connectivity index (χ4n) is 4.65. The fourth-order valence-corrected chi connectivity index (χ4v) is 4.91. The summed E-state index contributed by atoms with van der Waals surface area (Å²) < 4.78 is 8.30. The van der Waals surface area contributed by atoms with Crippen molar-refractivity contribution >= 4 is 44.3 Å². The molecule has 6 heteroatoms. The minimum atomic E-state index is -0.313. The van der Waals surface area contributed by atoms with Crippen molar-refractivity contribution in [1.29, 1.82) is 0 Å². The highest BCUT2D eigenvalue weighted by atomic mass is 79.9. The number of nitrogens with one attached hydrogen (secondary N) is 1. The number of esters is 1. The molecule has 0 spiro atoms. The Hall–Kier alpha value is -3.90. The minimum absolute atomic E-state index is 0.100. The van der Waals surface area contributed by atoms with Crippen molar-refractivity contribution in [2.45, 2.75) is 40.3 Å². The molecule has 1 heterocycles. The van der Waals surface area contributed by atoms with Crippen LogP contribution in [0.5, 0.6) is 0 Å². The van der Waals surface area contributed by atoms with E-state index in [-0.39, 0.29) is 17.9 Å². The predicted molar refractivity (Wildman–Crippen MR) is 162 cm³/mol. The second-order valence-corrected chi connectivity index (χ2v) is 10.2. The number of hydrogen-bond acceptors (Lipinski definition) is 3. The highest BCUT2D eigenvalue weighted by molar-refractivity contribution is 9.10. The molecule has 4 aromatic rings. The Labute approximate surface area is 238 Å². The van der Waals surface area contributed by atoms with E-state index in [0.29, 0.717) is 24.3 Å². The minimum Gasteiger partial charge on any atom is -0.462 e. The highest BCUT2D eigenvalue weighted by Crippen LogP contribution is 2.27. The quantitative estimate of drug-likeness (QED) is 0.159. The predicted octanol–water partition coefficient (Wildman–Crippen LogP) is 8.12. The number of rotatable bonds is 9. The molecule has 200 valence electrons. The number of nitrogens with zero attached hydrogens (tertiary/aromatic N) is 1. The van der Waals surface area contributed by atoms with Crippen LogP contribution in [-0.4, -0.2) is 23.1 Å². The maximum Gasteiger partial charge on any atom is 0.338 e. The van der Waals surface area contributed by atoms with E-state index in [9.17, 15) is 9.59 Å². The number of carbonyl (C=O) groups excluding carboxylic acids is 2. The van der Waals surface area contributed by atoms with Crippen LogP contribution in [-0.2, 0) is 11.3 Å². The zero-order valence-corrected chi connectivity index (χ0v) is 24.3. The highest BCUT2D eigenvalue weighted by Gasteiger charge is 2.15. The monoisotopic (exact) mass is 584 g/mol.